The largest absolute Gasteiger partial charge is 0.366 e. The molecular weight excluding hydrogens is 160 g/mol. The van der Waals surface area contributed by atoms with E-state index in [1.165, 1.54) is 0 Å². The van der Waals surface area contributed by atoms with Crippen LogP contribution < -0.4 is 0 Å². The van der Waals surface area contributed by atoms with Crippen molar-refractivity contribution in [2.24, 2.45) is 0 Å². The van der Waals surface area contributed by atoms with Crippen LogP contribution in [0.5, 0.6) is 0 Å². The molecule has 1 saturated heterocycles. The van der Waals surface area contributed by atoms with Gasteiger partial charge in [0.25, 0.3) is 0 Å². The van der Waals surface area contributed by atoms with Crippen LogP contribution in [0.25, 0.3) is 0 Å². The lowest BCUT2D eigenvalue weighted by molar-refractivity contribution is 0.152. The Morgan fingerprint density at radius 1 is 1.23 bits per heavy atom. The predicted octanol–water partition coefficient (Wildman–Crippen LogP) is 2.22. The second-order valence-corrected chi connectivity index (χ2v) is 3.14. The maximum atomic E-state index is 5.40. The molecule has 1 atom stereocenters. The Labute approximate surface area is 78.7 Å². The van der Waals surface area contributed by atoms with E-state index in [1.54, 1.807) is 0 Å². The third-order valence-corrected chi connectivity index (χ3v) is 2.08. The molecule has 1 aliphatic heterocycles. The van der Waals surface area contributed by atoms with Crippen LogP contribution in [0, 0.1) is 11.8 Å². The standard InChI is InChI=1S/C12H12O/c1-2-5-11(6-3-1)8-9-12-7-4-10-13-12/h1-3,5-6,12H,4,7,10H2/t12-/m1/s1. The van der Waals surface area contributed by atoms with Crippen LogP contribution in [-0.4, -0.2) is 12.7 Å². The van der Waals surface area contributed by atoms with Gasteiger partial charge in [-0.15, -0.1) is 0 Å². The zero-order valence-corrected chi connectivity index (χ0v) is 7.49. The van der Waals surface area contributed by atoms with E-state index in [0.29, 0.717) is 0 Å². The Morgan fingerprint density at radius 3 is 2.77 bits per heavy atom. The Bertz CT molecular complexity index is 312. The predicted molar refractivity (Wildman–Crippen MR) is 52.3 cm³/mol. The highest BCUT2D eigenvalue weighted by molar-refractivity contribution is 5.34. The number of rotatable bonds is 0. The van der Waals surface area contributed by atoms with E-state index in [1.807, 2.05) is 30.3 Å². The van der Waals surface area contributed by atoms with Crippen molar-refractivity contribution in [1.82, 2.24) is 0 Å². The van der Waals surface area contributed by atoms with Crippen molar-refractivity contribution < 1.29 is 4.74 Å². The zero-order chi connectivity index (χ0) is 8.93. The molecule has 13 heavy (non-hydrogen) atoms. The van der Waals surface area contributed by atoms with E-state index < -0.39 is 0 Å². The van der Waals surface area contributed by atoms with Crippen LogP contribution in [-0.2, 0) is 4.74 Å². The smallest absolute Gasteiger partial charge is 0.118 e. The van der Waals surface area contributed by atoms with Gasteiger partial charge in [0.2, 0.25) is 0 Å². The number of ether oxygens (including phenoxy) is 1. The minimum atomic E-state index is 0.167. The van der Waals surface area contributed by atoms with Crippen LogP contribution in [0.3, 0.4) is 0 Å². The van der Waals surface area contributed by atoms with Crippen molar-refractivity contribution in [1.29, 1.82) is 0 Å². The van der Waals surface area contributed by atoms with E-state index in [2.05, 4.69) is 11.8 Å². The molecule has 0 aromatic heterocycles. The number of hydrogen-bond donors (Lipinski definition) is 0. The first-order valence-corrected chi connectivity index (χ1v) is 4.63. The molecule has 1 fully saturated rings. The van der Waals surface area contributed by atoms with E-state index in [4.69, 9.17) is 4.74 Å². The normalized spacial score (nSPS) is 20.8. The summed E-state index contributed by atoms with van der Waals surface area (Å²) in [7, 11) is 0. The minimum absolute atomic E-state index is 0.167. The van der Waals surface area contributed by atoms with Gasteiger partial charge in [0, 0.05) is 12.2 Å². The van der Waals surface area contributed by atoms with Crippen molar-refractivity contribution in [3.05, 3.63) is 35.9 Å². The second-order valence-electron chi connectivity index (χ2n) is 3.14. The zero-order valence-electron chi connectivity index (χ0n) is 7.49. The Hall–Kier alpha value is -1.26. The summed E-state index contributed by atoms with van der Waals surface area (Å²) < 4.78 is 5.40. The van der Waals surface area contributed by atoms with Gasteiger partial charge in [-0.05, 0) is 25.0 Å². The molecule has 0 bridgehead atoms. The molecule has 1 heteroatoms. The summed E-state index contributed by atoms with van der Waals surface area (Å²) in [6.45, 7) is 0.869. The van der Waals surface area contributed by atoms with Crippen LogP contribution in [0.15, 0.2) is 30.3 Å². The Kier molecular flexibility index (Phi) is 2.64. The summed E-state index contributed by atoms with van der Waals surface area (Å²) in [5, 5.41) is 0. The van der Waals surface area contributed by atoms with Gasteiger partial charge >= 0.3 is 0 Å². The maximum absolute atomic E-state index is 5.40. The summed E-state index contributed by atoms with van der Waals surface area (Å²) in [5.41, 5.74) is 1.07. The molecule has 1 aromatic carbocycles. The highest BCUT2D eigenvalue weighted by atomic mass is 16.5. The molecule has 0 unspecified atom stereocenters. The fourth-order valence-corrected chi connectivity index (χ4v) is 1.38. The van der Waals surface area contributed by atoms with Crippen molar-refractivity contribution >= 4 is 0 Å². The molecule has 1 nitrogen and oxygen atoms in total. The first-order chi connectivity index (χ1) is 6.45. The quantitative estimate of drug-likeness (QED) is 0.545. The maximum Gasteiger partial charge on any atom is 0.118 e. The summed E-state index contributed by atoms with van der Waals surface area (Å²) in [6.07, 6.45) is 2.40. The highest BCUT2D eigenvalue weighted by Gasteiger charge is 2.11. The van der Waals surface area contributed by atoms with Crippen LogP contribution >= 0.6 is 0 Å². The van der Waals surface area contributed by atoms with Crippen molar-refractivity contribution in [2.45, 2.75) is 18.9 Å². The Morgan fingerprint density at radius 2 is 2.08 bits per heavy atom. The number of hydrogen-bond acceptors (Lipinski definition) is 1. The monoisotopic (exact) mass is 172 g/mol. The topological polar surface area (TPSA) is 9.23 Å². The van der Waals surface area contributed by atoms with Gasteiger partial charge in [-0.2, -0.15) is 0 Å². The van der Waals surface area contributed by atoms with E-state index in [9.17, 15) is 0 Å². The Balaban J connectivity index is 2.03. The van der Waals surface area contributed by atoms with Gasteiger partial charge in [0.05, 0.1) is 0 Å². The minimum Gasteiger partial charge on any atom is -0.366 e. The SMILES string of the molecule is C(#C[C@H]1CCCO1)c1ccccc1. The lowest BCUT2D eigenvalue weighted by Gasteiger charge is -1.96. The third-order valence-electron chi connectivity index (χ3n) is 2.08. The van der Waals surface area contributed by atoms with E-state index in [-0.39, 0.29) is 6.10 Å². The van der Waals surface area contributed by atoms with Crippen LogP contribution in [0.1, 0.15) is 18.4 Å². The summed E-state index contributed by atoms with van der Waals surface area (Å²) in [6, 6.07) is 10.0. The van der Waals surface area contributed by atoms with E-state index >= 15 is 0 Å². The molecule has 66 valence electrons. The molecule has 1 aromatic rings. The van der Waals surface area contributed by atoms with Gasteiger partial charge in [-0.1, -0.05) is 30.0 Å². The fourth-order valence-electron chi connectivity index (χ4n) is 1.38. The van der Waals surface area contributed by atoms with Gasteiger partial charge in [-0.25, -0.2) is 0 Å². The highest BCUT2D eigenvalue weighted by Crippen LogP contribution is 2.10. The molecule has 0 amide bonds. The molecule has 0 aliphatic carbocycles. The average Bonchev–Trinajstić information content (AvgIpc) is 2.69. The van der Waals surface area contributed by atoms with Gasteiger partial charge in [0.15, 0.2) is 0 Å². The molecule has 0 N–H and O–H groups in total. The van der Waals surface area contributed by atoms with Gasteiger partial charge in [-0.3, -0.25) is 0 Å². The molecule has 0 saturated carbocycles. The molecule has 1 aliphatic rings. The molecule has 1 heterocycles. The molecule has 0 radical (unpaired) electrons. The fraction of sp³-hybridized carbons (Fsp3) is 0.333. The first-order valence-electron chi connectivity index (χ1n) is 4.63. The lowest BCUT2D eigenvalue weighted by atomic mass is 10.2. The van der Waals surface area contributed by atoms with Gasteiger partial charge < -0.3 is 4.74 Å². The molecule has 2 rings (SSSR count). The van der Waals surface area contributed by atoms with Crippen LogP contribution in [0.4, 0.5) is 0 Å². The summed E-state index contributed by atoms with van der Waals surface area (Å²) in [4.78, 5) is 0. The molecular formula is C12H12O. The van der Waals surface area contributed by atoms with Crippen molar-refractivity contribution in [3.63, 3.8) is 0 Å². The lowest BCUT2D eigenvalue weighted by Crippen LogP contribution is -1.99. The van der Waals surface area contributed by atoms with Crippen LogP contribution in [0.2, 0.25) is 0 Å². The molecule has 0 spiro atoms. The van der Waals surface area contributed by atoms with Gasteiger partial charge in [0.1, 0.15) is 6.10 Å². The first kappa shape index (κ1) is 8.34. The third kappa shape index (κ3) is 2.34. The average molecular weight is 172 g/mol. The number of benzene rings is 1. The van der Waals surface area contributed by atoms with Crippen molar-refractivity contribution in [2.75, 3.05) is 6.61 Å². The second kappa shape index (κ2) is 4.11. The van der Waals surface area contributed by atoms with E-state index in [0.717, 1.165) is 25.0 Å². The summed E-state index contributed by atoms with van der Waals surface area (Å²) in [5.74, 6) is 6.24. The van der Waals surface area contributed by atoms with Crippen molar-refractivity contribution in [3.8, 4) is 11.8 Å². The summed E-state index contributed by atoms with van der Waals surface area (Å²) >= 11 is 0.